The van der Waals surface area contributed by atoms with Gasteiger partial charge in [-0.2, -0.15) is 4.98 Å². The Morgan fingerprint density at radius 1 is 1.11 bits per heavy atom. The van der Waals surface area contributed by atoms with E-state index < -0.39 is 0 Å². The molecule has 0 aliphatic carbocycles. The zero-order chi connectivity index (χ0) is 18.6. The summed E-state index contributed by atoms with van der Waals surface area (Å²) in [4.78, 5) is 33.2. The molecule has 1 fully saturated rings. The van der Waals surface area contributed by atoms with Crippen LogP contribution in [0.4, 0.5) is 5.82 Å². The van der Waals surface area contributed by atoms with E-state index in [2.05, 4.69) is 30.0 Å². The summed E-state index contributed by atoms with van der Waals surface area (Å²) in [7, 11) is 0. The summed E-state index contributed by atoms with van der Waals surface area (Å²) >= 11 is 0. The molecule has 0 aromatic carbocycles. The number of hydrogen-bond acceptors (Lipinski definition) is 8. The SMILES string of the molecule is CCc1nc(-c2ccc(N3CCN(C(=O)c4cnccn4)CC3)nc2)no1. The molecule has 0 radical (unpaired) electrons. The van der Waals surface area contributed by atoms with Crippen molar-refractivity contribution in [2.24, 2.45) is 0 Å². The number of anilines is 1. The van der Waals surface area contributed by atoms with E-state index in [1.807, 2.05) is 19.1 Å². The molecule has 4 heterocycles. The summed E-state index contributed by atoms with van der Waals surface area (Å²) < 4.78 is 5.14. The summed E-state index contributed by atoms with van der Waals surface area (Å²) in [5.41, 5.74) is 1.19. The predicted octanol–water partition coefficient (Wildman–Crippen LogP) is 1.45. The first-order chi connectivity index (χ1) is 13.2. The quantitative estimate of drug-likeness (QED) is 0.685. The van der Waals surface area contributed by atoms with Crippen molar-refractivity contribution in [2.75, 3.05) is 31.1 Å². The third kappa shape index (κ3) is 3.62. The Morgan fingerprint density at radius 2 is 1.96 bits per heavy atom. The van der Waals surface area contributed by atoms with Crippen LogP contribution in [-0.2, 0) is 6.42 Å². The molecule has 3 aromatic heterocycles. The summed E-state index contributed by atoms with van der Waals surface area (Å²) in [6.45, 7) is 4.61. The first kappa shape index (κ1) is 17.1. The van der Waals surface area contributed by atoms with Crippen LogP contribution >= 0.6 is 0 Å². The fourth-order valence-electron chi connectivity index (χ4n) is 2.93. The Hall–Kier alpha value is -3.36. The number of rotatable bonds is 4. The number of carbonyl (C=O) groups excluding carboxylic acids is 1. The molecule has 9 heteroatoms. The Balaban J connectivity index is 1.39. The first-order valence-electron chi connectivity index (χ1n) is 8.84. The topological polar surface area (TPSA) is 101 Å². The maximum absolute atomic E-state index is 12.4. The van der Waals surface area contributed by atoms with Gasteiger partial charge in [-0.25, -0.2) is 9.97 Å². The highest BCUT2D eigenvalue weighted by Gasteiger charge is 2.23. The molecule has 1 amide bonds. The number of amides is 1. The van der Waals surface area contributed by atoms with Gasteiger partial charge in [-0.05, 0) is 12.1 Å². The number of nitrogens with zero attached hydrogens (tertiary/aromatic N) is 7. The molecule has 27 heavy (non-hydrogen) atoms. The van der Waals surface area contributed by atoms with Gasteiger partial charge in [-0.15, -0.1) is 0 Å². The number of hydrogen-bond donors (Lipinski definition) is 0. The molecule has 1 saturated heterocycles. The molecular formula is C18H19N7O2. The van der Waals surface area contributed by atoms with Crippen LogP contribution in [0.5, 0.6) is 0 Å². The minimum absolute atomic E-state index is 0.0881. The van der Waals surface area contributed by atoms with E-state index >= 15 is 0 Å². The smallest absolute Gasteiger partial charge is 0.274 e. The highest BCUT2D eigenvalue weighted by atomic mass is 16.5. The maximum atomic E-state index is 12.4. The van der Waals surface area contributed by atoms with E-state index in [-0.39, 0.29) is 5.91 Å². The zero-order valence-electron chi connectivity index (χ0n) is 14.9. The third-order valence-corrected chi connectivity index (χ3v) is 4.45. The van der Waals surface area contributed by atoms with Gasteiger partial charge in [-0.3, -0.25) is 9.78 Å². The van der Waals surface area contributed by atoms with Crippen LogP contribution in [0.15, 0.2) is 41.4 Å². The summed E-state index contributed by atoms with van der Waals surface area (Å²) in [5, 5.41) is 3.96. The lowest BCUT2D eigenvalue weighted by Crippen LogP contribution is -2.49. The van der Waals surface area contributed by atoms with E-state index in [9.17, 15) is 4.79 Å². The van der Waals surface area contributed by atoms with Gasteiger partial charge in [0.1, 0.15) is 11.5 Å². The molecule has 0 saturated carbocycles. The number of aromatic nitrogens is 5. The Morgan fingerprint density at radius 3 is 2.59 bits per heavy atom. The number of pyridine rings is 1. The molecule has 0 spiro atoms. The van der Waals surface area contributed by atoms with Crippen molar-refractivity contribution in [3.8, 4) is 11.4 Å². The molecule has 0 bridgehead atoms. The fourth-order valence-corrected chi connectivity index (χ4v) is 2.93. The van der Waals surface area contributed by atoms with E-state index in [0.717, 1.165) is 11.4 Å². The lowest BCUT2D eigenvalue weighted by molar-refractivity contribution is 0.0740. The van der Waals surface area contributed by atoms with Gasteiger partial charge in [0.05, 0.1) is 6.20 Å². The second-order valence-corrected chi connectivity index (χ2v) is 6.14. The summed E-state index contributed by atoms with van der Waals surface area (Å²) in [5.74, 6) is 1.93. The minimum Gasteiger partial charge on any atom is -0.353 e. The van der Waals surface area contributed by atoms with E-state index in [1.165, 1.54) is 12.4 Å². The maximum Gasteiger partial charge on any atom is 0.274 e. The fraction of sp³-hybridized carbons (Fsp3) is 0.333. The van der Waals surface area contributed by atoms with Crippen molar-refractivity contribution in [1.82, 2.24) is 30.0 Å². The second kappa shape index (κ2) is 7.48. The molecule has 1 aliphatic rings. The molecule has 138 valence electrons. The second-order valence-electron chi connectivity index (χ2n) is 6.14. The van der Waals surface area contributed by atoms with E-state index in [1.54, 1.807) is 17.3 Å². The van der Waals surface area contributed by atoms with Crippen LogP contribution in [0.25, 0.3) is 11.4 Å². The Bertz CT molecular complexity index is 903. The van der Waals surface area contributed by atoms with Crippen LogP contribution in [-0.4, -0.2) is 62.1 Å². The molecular weight excluding hydrogens is 346 g/mol. The normalized spacial score (nSPS) is 14.4. The number of aryl methyl sites for hydroxylation is 1. The molecule has 0 unspecified atom stereocenters. The lowest BCUT2D eigenvalue weighted by atomic mass is 10.2. The van der Waals surface area contributed by atoms with Gasteiger partial charge in [0.25, 0.3) is 5.91 Å². The summed E-state index contributed by atoms with van der Waals surface area (Å²) in [6.07, 6.45) is 7.04. The van der Waals surface area contributed by atoms with Crippen molar-refractivity contribution in [1.29, 1.82) is 0 Å². The van der Waals surface area contributed by atoms with Gasteiger partial charge in [0.15, 0.2) is 0 Å². The van der Waals surface area contributed by atoms with Gasteiger partial charge >= 0.3 is 0 Å². The number of piperazine rings is 1. The minimum atomic E-state index is -0.0881. The molecule has 3 aromatic rings. The Labute approximate surface area is 156 Å². The van der Waals surface area contributed by atoms with E-state index in [4.69, 9.17) is 4.52 Å². The predicted molar refractivity (Wildman–Crippen MR) is 97.1 cm³/mol. The van der Waals surface area contributed by atoms with E-state index in [0.29, 0.717) is 50.0 Å². The van der Waals surface area contributed by atoms with Gasteiger partial charge in [0.2, 0.25) is 11.7 Å². The van der Waals surface area contributed by atoms with Crippen LogP contribution in [0.2, 0.25) is 0 Å². The molecule has 0 atom stereocenters. The van der Waals surface area contributed by atoms with Crippen LogP contribution in [0.3, 0.4) is 0 Å². The third-order valence-electron chi connectivity index (χ3n) is 4.45. The van der Waals surface area contributed by atoms with Gasteiger partial charge in [0, 0.05) is 56.8 Å². The van der Waals surface area contributed by atoms with Crippen molar-refractivity contribution in [2.45, 2.75) is 13.3 Å². The van der Waals surface area contributed by atoms with Gasteiger partial charge < -0.3 is 14.3 Å². The van der Waals surface area contributed by atoms with Crippen molar-refractivity contribution >= 4 is 11.7 Å². The zero-order valence-corrected chi connectivity index (χ0v) is 14.9. The van der Waals surface area contributed by atoms with Crippen LogP contribution < -0.4 is 4.90 Å². The monoisotopic (exact) mass is 365 g/mol. The van der Waals surface area contributed by atoms with Crippen molar-refractivity contribution in [3.05, 3.63) is 48.5 Å². The largest absolute Gasteiger partial charge is 0.353 e. The lowest BCUT2D eigenvalue weighted by Gasteiger charge is -2.35. The molecule has 4 rings (SSSR count). The molecule has 0 N–H and O–H groups in total. The number of carbonyl (C=O) groups is 1. The van der Waals surface area contributed by atoms with Crippen LogP contribution in [0, 0.1) is 0 Å². The van der Waals surface area contributed by atoms with Crippen molar-refractivity contribution in [3.63, 3.8) is 0 Å². The average Bonchev–Trinajstić information content (AvgIpc) is 3.23. The molecule has 9 nitrogen and oxygen atoms in total. The van der Waals surface area contributed by atoms with Crippen LogP contribution in [0.1, 0.15) is 23.3 Å². The first-order valence-corrected chi connectivity index (χ1v) is 8.84. The standard InChI is InChI=1S/C18H19N7O2/c1-2-16-22-17(23-27-16)13-3-4-15(21-11-13)24-7-9-25(10-8-24)18(26)14-12-19-5-6-20-14/h3-6,11-12H,2,7-10H2,1H3. The van der Waals surface area contributed by atoms with Gasteiger partial charge in [-0.1, -0.05) is 12.1 Å². The average molecular weight is 365 g/mol. The van der Waals surface area contributed by atoms with Crippen molar-refractivity contribution < 1.29 is 9.32 Å². The highest BCUT2D eigenvalue weighted by molar-refractivity contribution is 5.92. The highest BCUT2D eigenvalue weighted by Crippen LogP contribution is 2.20. The summed E-state index contributed by atoms with van der Waals surface area (Å²) in [6, 6.07) is 3.88. The Kier molecular flexibility index (Phi) is 4.73. The molecule has 1 aliphatic heterocycles.